The fraction of sp³-hybridized carbons (Fsp3) is 0.214. The van der Waals surface area contributed by atoms with Crippen LogP contribution in [0.3, 0.4) is 0 Å². The first-order chi connectivity index (χ1) is 8.58. The van der Waals surface area contributed by atoms with Gasteiger partial charge >= 0.3 is 0 Å². The zero-order chi connectivity index (χ0) is 13.1. The van der Waals surface area contributed by atoms with Crippen molar-refractivity contribution in [2.75, 3.05) is 5.32 Å². The molecule has 0 unspecified atom stereocenters. The van der Waals surface area contributed by atoms with Gasteiger partial charge in [-0.05, 0) is 43.7 Å². The predicted octanol–water partition coefficient (Wildman–Crippen LogP) is 4.61. The van der Waals surface area contributed by atoms with E-state index >= 15 is 0 Å². The summed E-state index contributed by atoms with van der Waals surface area (Å²) < 4.78 is 0.919. The Kier molecular flexibility index (Phi) is 4.05. The van der Waals surface area contributed by atoms with E-state index in [9.17, 15) is 0 Å². The number of nitriles is 1. The van der Waals surface area contributed by atoms with Gasteiger partial charge in [-0.25, -0.2) is 0 Å². The van der Waals surface area contributed by atoms with Crippen LogP contribution in [0.25, 0.3) is 0 Å². The summed E-state index contributed by atoms with van der Waals surface area (Å²) in [5.74, 6) is 0. The summed E-state index contributed by atoms with van der Waals surface area (Å²) >= 11 is 5.22. The molecule has 2 nitrogen and oxygen atoms in total. The molecule has 0 aliphatic carbocycles. The summed E-state index contributed by atoms with van der Waals surface area (Å²) in [6.45, 7) is 5.05. The van der Waals surface area contributed by atoms with Crippen molar-refractivity contribution in [3.8, 4) is 6.07 Å². The summed E-state index contributed by atoms with van der Waals surface area (Å²) in [5, 5.41) is 12.3. The van der Waals surface area contributed by atoms with E-state index in [1.807, 2.05) is 29.5 Å². The van der Waals surface area contributed by atoms with E-state index in [-0.39, 0.29) is 0 Å². The summed E-state index contributed by atoms with van der Waals surface area (Å²) in [5.41, 5.74) is 2.96. The van der Waals surface area contributed by atoms with Crippen molar-refractivity contribution in [3.05, 3.63) is 49.6 Å². The lowest BCUT2D eigenvalue weighted by Gasteiger charge is -2.06. The highest BCUT2D eigenvalue weighted by atomic mass is 79.9. The number of hydrogen-bond donors (Lipinski definition) is 1. The number of aryl methyl sites for hydroxylation is 2. The fourth-order valence-electron chi connectivity index (χ4n) is 1.68. The van der Waals surface area contributed by atoms with Crippen molar-refractivity contribution in [2.45, 2.75) is 20.4 Å². The Hall–Kier alpha value is -1.31. The second-order valence-corrected chi connectivity index (χ2v) is 6.40. The molecule has 0 saturated carbocycles. The molecule has 0 spiro atoms. The Morgan fingerprint density at radius 1 is 1.28 bits per heavy atom. The van der Waals surface area contributed by atoms with Crippen LogP contribution in [0.5, 0.6) is 0 Å². The smallest absolute Gasteiger partial charge is 0.0992 e. The number of nitrogens with one attached hydrogen (secondary N) is 1. The summed E-state index contributed by atoms with van der Waals surface area (Å²) in [4.78, 5) is 2.67. The van der Waals surface area contributed by atoms with Gasteiger partial charge in [0.25, 0.3) is 0 Å². The SMILES string of the molecule is Cc1cc(CNc2cc(Br)cc(C#N)c2)sc1C. The molecule has 92 valence electrons. The minimum Gasteiger partial charge on any atom is -0.380 e. The Bertz CT molecular complexity index is 591. The van der Waals surface area contributed by atoms with Crippen LogP contribution in [-0.2, 0) is 6.54 Å². The van der Waals surface area contributed by atoms with Crippen molar-refractivity contribution in [2.24, 2.45) is 0 Å². The molecule has 0 bridgehead atoms. The zero-order valence-electron chi connectivity index (χ0n) is 10.2. The van der Waals surface area contributed by atoms with Gasteiger partial charge in [-0.2, -0.15) is 5.26 Å². The van der Waals surface area contributed by atoms with Gasteiger partial charge < -0.3 is 5.32 Å². The lowest BCUT2D eigenvalue weighted by atomic mass is 10.2. The molecule has 1 N–H and O–H groups in total. The molecular weight excluding hydrogens is 308 g/mol. The molecule has 0 fully saturated rings. The van der Waals surface area contributed by atoms with Gasteiger partial charge in [0, 0.05) is 26.5 Å². The molecule has 2 aromatic rings. The van der Waals surface area contributed by atoms with E-state index in [1.54, 1.807) is 0 Å². The van der Waals surface area contributed by atoms with Crippen LogP contribution in [0.15, 0.2) is 28.7 Å². The van der Waals surface area contributed by atoms with E-state index < -0.39 is 0 Å². The van der Waals surface area contributed by atoms with Crippen molar-refractivity contribution in [1.82, 2.24) is 0 Å². The molecule has 0 radical (unpaired) electrons. The maximum atomic E-state index is 8.91. The van der Waals surface area contributed by atoms with E-state index in [0.717, 1.165) is 16.7 Å². The largest absolute Gasteiger partial charge is 0.380 e. The highest BCUT2D eigenvalue weighted by Crippen LogP contribution is 2.23. The summed E-state index contributed by atoms with van der Waals surface area (Å²) in [7, 11) is 0. The number of anilines is 1. The first kappa shape index (κ1) is 13.1. The van der Waals surface area contributed by atoms with Crippen LogP contribution >= 0.6 is 27.3 Å². The molecule has 1 heterocycles. The van der Waals surface area contributed by atoms with Crippen molar-refractivity contribution in [3.63, 3.8) is 0 Å². The van der Waals surface area contributed by atoms with Crippen LogP contribution in [0.4, 0.5) is 5.69 Å². The topological polar surface area (TPSA) is 35.8 Å². The van der Waals surface area contributed by atoms with Crippen LogP contribution < -0.4 is 5.32 Å². The molecular formula is C14H13BrN2S. The maximum Gasteiger partial charge on any atom is 0.0992 e. The molecule has 0 saturated heterocycles. The summed E-state index contributed by atoms with van der Waals surface area (Å²) in [6.07, 6.45) is 0. The van der Waals surface area contributed by atoms with Crippen molar-refractivity contribution >= 4 is 33.0 Å². The number of thiophene rings is 1. The third-order valence-corrected chi connectivity index (χ3v) is 4.32. The highest BCUT2D eigenvalue weighted by Gasteiger charge is 2.03. The maximum absolute atomic E-state index is 8.91. The van der Waals surface area contributed by atoms with Gasteiger partial charge in [0.15, 0.2) is 0 Å². The normalized spacial score (nSPS) is 10.1. The molecule has 1 aromatic carbocycles. The second-order valence-electron chi connectivity index (χ2n) is 4.15. The monoisotopic (exact) mass is 320 g/mol. The zero-order valence-corrected chi connectivity index (χ0v) is 12.7. The first-order valence-electron chi connectivity index (χ1n) is 5.59. The molecule has 0 amide bonds. The minimum atomic E-state index is 0.658. The minimum absolute atomic E-state index is 0.658. The first-order valence-corrected chi connectivity index (χ1v) is 7.20. The van der Waals surface area contributed by atoms with Gasteiger partial charge in [-0.3, -0.25) is 0 Å². The van der Waals surface area contributed by atoms with Gasteiger partial charge in [0.1, 0.15) is 0 Å². The number of rotatable bonds is 3. The number of nitrogens with zero attached hydrogens (tertiary/aromatic N) is 1. The Balaban J connectivity index is 2.11. The van der Waals surface area contributed by atoms with Gasteiger partial charge in [0.2, 0.25) is 0 Å². The summed E-state index contributed by atoms with van der Waals surface area (Å²) in [6, 6.07) is 10.0. The number of halogens is 1. The van der Waals surface area contributed by atoms with Crippen LogP contribution in [-0.4, -0.2) is 0 Å². The van der Waals surface area contributed by atoms with Gasteiger partial charge in [-0.15, -0.1) is 11.3 Å². The third kappa shape index (κ3) is 3.12. The Labute approximate surface area is 119 Å². The average molecular weight is 321 g/mol. The molecule has 0 aliphatic rings. The Morgan fingerprint density at radius 3 is 2.67 bits per heavy atom. The molecule has 2 rings (SSSR count). The quantitative estimate of drug-likeness (QED) is 0.896. The highest BCUT2D eigenvalue weighted by molar-refractivity contribution is 9.10. The fourth-order valence-corrected chi connectivity index (χ4v) is 3.17. The van der Waals surface area contributed by atoms with Crippen LogP contribution in [0.2, 0.25) is 0 Å². The van der Waals surface area contributed by atoms with E-state index in [2.05, 4.69) is 47.2 Å². The lowest BCUT2D eigenvalue weighted by molar-refractivity contribution is 1.19. The van der Waals surface area contributed by atoms with Gasteiger partial charge in [-0.1, -0.05) is 15.9 Å². The molecule has 0 aliphatic heterocycles. The molecule has 0 atom stereocenters. The van der Waals surface area contributed by atoms with Crippen LogP contribution in [0.1, 0.15) is 20.9 Å². The third-order valence-electron chi connectivity index (χ3n) is 2.71. The van der Waals surface area contributed by atoms with E-state index in [0.29, 0.717) is 5.56 Å². The number of hydrogen-bond acceptors (Lipinski definition) is 3. The second kappa shape index (κ2) is 5.55. The predicted molar refractivity (Wildman–Crippen MR) is 80.0 cm³/mol. The van der Waals surface area contributed by atoms with Crippen LogP contribution in [0, 0.1) is 25.2 Å². The lowest BCUT2D eigenvalue weighted by Crippen LogP contribution is -1.97. The van der Waals surface area contributed by atoms with Crippen molar-refractivity contribution < 1.29 is 0 Å². The Morgan fingerprint density at radius 2 is 2.06 bits per heavy atom. The van der Waals surface area contributed by atoms with E-state index in [4.69, 9.17) is 5.26 Å². The molecule has 18 heavy (non-hydrogen) atoms. The van der Waals surface area contributed by atoms with Gasteiger partial charge in [0.05, 0.1) is 11.6 Å². The average Bonchev–Trinajstić information content (AvgIpc) is 2.65. The standard InChI is InChI=1S/C14H13BrN2S/c1-9-3-14(18-10(9)2)8-17-13-5-11(7-16)4-12(15)6-13/h3-6,17H,8H2,1-2H3. The number of benzene rings is 1. The molecule has 1 aromatic heterocycles. The molecule has 4 heteroatoms. The van der Waals surface area contributed by atoms with Crippen molar-refractivity contribution in [1.29, 1.82) is 5.26 Å². The van der Waals surface area contributed by atoms with E-state index in [1.165, 1.54) is 15.3 Å².